The van der Waals surface area contributed by atoms with E-state index in [1.807, 2.05) is 33.3 Å². The van der Waals surface area contributed by atoms with Crippen molar-refractivity contribution in [2.75, 3.05) is 40.9 Å². The molecule has 2 N–H and O–H groups in total. The summed E-state index contributed by atoms with van der Waals surface area (Å²) in [5.74, 6) is -0.543. The number of unbranched alkanes of at least 4 members (excludes halogenated alkanes) is 25. The molecule has 0 spiro atoms. The lowest BCUT2D eigenvalue weighted by Crippen LogP contribution is -2.47. The number of amides is 1. The summed E-state index contributed by atoms with van der Waals surface area (Å²) in [4.78, 5) is 37.7. The molecule has 0 rings (SSSR count). The molecule has 0 aromatic carbocycles. The summed E-state index contributed by atoms with van der Waals surface area (Å²) >= 11 is 0. The van der Waals surface area contributed by atoms with Crippen LogP contribution in [0.1, 0.15) is 265 Å². The summed E-state index contributed by atoms with van der Waals surface area (Å²) in [7, 11) is 1.46. The van der Waals surface area contributed by atoms with Gasteiger partial charge in [-0.2, -0.15) is 0 Å². The maximum Gasteiger partial charge on any atom is 0.472 e. The first kappa shape index (κ1) is 75.7. The zero-order valence-electron chi connectivity index (χ0n) is 51.8. The topological polar surface area (TPSA) is 111 Å². The lowest BCUT2D eigenvalue weighted by Gasteiger charge is -2.27. The molecule has 9 nitrogen and oxygen atoms in total. The average molecular weight is 1120 g/mol. The lowest BCUT2D eigenvalue weighted by atomic mass is 10.1. The fraction of sp³-hybridized carbons (Fsp3) is 0.710. The van der Waals surface area contributed by atoms with Gasteiger partial charge < -0.3 is 19.4 Å². The van der Waals surface area contributed by atoms with Crippen LogP contribution in [0.2, 0.25) is 0 Å². The van der Waals surface area contributed by atoms with Crippen LogP contribution < -0.4 is 5.32 Å². The van der Waals surface area contributed by atoms with Crippen molar-refractivity contribution in [3.05, 3.63) is 109 Å². The third kappa shape index (κ3) is 59.1. The van der Waals surface area contributed by atoms with Crippen LogP contribution in [0.15, 0.2) is 109 Å². The Morgan fingerprint density at radius 2 is 0.810 bits per heavy atom. The van der Waals surface area contributed by atoms with Crippen LogP contribution in [0.5, 0.6) is 0 Å². The third-order valence-corrected chi connectivity index (χ3v) is 14.7. The number of quaternary nitrogens is 1. The largest absolute Gasteiger partial charge is 0.472 e. The Kier molecular flexibility index (Phi) is 55.4. The Morgan fingerprint density at radius 1 is 0.456 bits per heavy atom. The number of ether oxygens (including phenoxy) is 1. The predicted molar refractivity (Wildman–Crippen MR) is 341 cm³/mol. The van der Waals surface area contributed by atoms with Gasteiger partial charge in [-0.25, -0.2) is 4.57 Å². The second kappa shape index (κ2) is 57.9. The fourth-order valence-electron chi connectivity index (χ4n) is 8.74. The SMILES string of the molecule is CC/C=C\C/C=C\C/C=C\C/C=C\C/C=C\C/C=C\CCCCCCC(=O)NC(COP(=O)(O)OCC[N+](C)(C)C)C(/C=C\CCCCCCCCCCC)OC(=O)CCCCCCCCCCC/C=C\C/C=C\CCCCC. The van der Waals surface area contributed by atoms with Gasteiger partial charge in [-0.3, -0.25) is 18.6 Å². The van der Waals surface area contributed by atoms with E-state index in [1.165, 1.54) is 103 Å². The first-order valence-electron chi connectivity index (χ1n) is 32.2. The van der Waals surface area contributed by atoms with Crippen molar-refractivity contribution < 1.29 is 37.3 Å². The Balaban J connectivity index is 5.24. The molecule has 79 heavy (non-hydrogen) atoms. The van der Waals surface area contributed by atoms with Gasteiger partial charge in [0.05, 0.1) is 33.8 Å². The van der Waals surface area contributed by atoms with Crippen molar-refractivity contribution in [1.82, 2.24) is 5.32 Å². The molecule has 1 amide bonds. The normalized spacial score (nSPS) is 14.4. The molecule has 0 bridgehead atoms. The molecule has 3 atom stereocenters. The van der Waals surface area contributed by atoms with Crippen molar-refractivity contribution in [2.45, 2.75) is 277 Å². The van der Waals surface area contributed by atoms with Gasteiger partial charge >= 0.3 is 13.8 Å². The zero-order chi connectivity index (χ0) is 57.9. The lowest BCUT2D eigenvalue weighted by molar-refractivity contribution is -0.870. The highest BCUT2D eigenvalue weighted by atomic mass is 31.2. The summed E-state index contributed by atoms with van der Waals surface area (Å²) in [6, 6.07) is -0.871. The van der Waals surface area contributed by atoms with Gasteiger partial charge in [-0.15, -0.1) is 0 Å². The Bertz CT molecular complexity index is 1720. The van der Waals surface area contributed by atoms with Gasteiger partial charge in [-0.05, 0) is 115 Å². The second-order valence-corrected chi connectivity index (χ2v) is 24.0. The standard InChI is InChI=1S/C69H121N2O7P/c1-7-10-13-16-19-22-25-27-29-31-33-34-35-36-38-39-41-43-46-49-52-55-58-61-68(72)70-66(65-77-79(74,75)76-64-63-71(4,5)6)67(60-57-54-51-48-45-24-21-18-15-12-9-3)78-69(73)62-59-56-53-50-47-44-42-40-37-32-30-28-26-23-20-17-14-11-8-2/h10,13,19-20,22-23,27-30,33-34,36,38,41,43,57,60,66-67H,7-9,11-12,14-18,21,24-26,31-32,35,37,39-40,42,44-56,58-59,61-65H2,1-6H3,(H-,70,72,74,75)/p+1/b13-10-,22-19-,23-20-,29-27-,30-28-,34-33-,38-36-,43-41-,60-57-. The van der Waals surface area contributed by atoms with Gasteiger partial charge in [0.1, 0.15) is 19.3 Å². The van der Waals surface area contributed by atoms with Crippen LogP contribution in [0.3, 0.4) is 0 Å². The van der Waals surface area contributed by atoms with E-state index in [0.29, 0.717) is 23.9 Å². The minimum absolute atomic E-state index is 0.0288. The quantitative estimate of drug-likeness (QED) is 0.0205. The molecule has 0 aliphatic heterocycles. The van der Waals surface area contributed by atoms with Crippen LogP contribution in [-0.2, 0) is 27.9 Å². The van der Waals surface area contributed by atoms with Crippen molar-refractivity contribution in [1.29, 1.82) is 0 Å². The average Bonchev–Trinajstić information content (AvgIpc) is 3.41. The van der Waals surface area contributed by atoms with E-state index in [-0.39, 0.29) is 31.5 Å². The van der Waals surface area contributed by atoms with Gasteiger partial charge in [-0.1, -0.05) is 246 Å². The number of hydrogen-bond donors (Lipinski definition) is 2. The molecule has 454 valence electrons. The van der Waals surface area contributed by atoms with Gasteiger partial charge in [0, 0.05) is 12.8 Å². The van der Waals surface area contributed by atoms with E-state index in [4.69, 9.17) is 13.8 Å². The Hall–Kier alpha value is -3.33. The highest BCUT2D eigenvalue weighted by Crippen LogP contribution is 2.43. The molecule has 0 aromatic heterocycles. The van der Waals surface area contributed by atoms with Crippen molar-refractivity contribution in [2.24, 2.45) is 0 Å². The van der Waals surface area contributed by atoms with E-state index in [1.54, 1.807) is 0 Å². The van der Waals surface area contributed by atoms with E-state index >= 15 is 0 Å². The van der Waals surface area contributed by atoms with Crippen molar-refractivity contribution >= 4 is 19.7 Å². The van der Waals surface area contributed by atoms with E-state index in [2.05, 4.69) is 123 Å². The summed E-state index contributed by atoms with van der Waals surface area (Å²) in [6.07, 6.45) is 79.4. The molecule has 3 unspecified atom stereocenters. The molecule has 10 heteroatoms. The second-order valence-electron chi connectivity index (χ2n) is 22.5. The zero-order valence-corrected chi connectivity index (χ0v) is 52.7. The molecule has 0 fully saturated rings. The Labute approximate surface area is 487 Å². The third-order valence-electron chi connectivity index (χ3n) is 13.7. The molecule has 0 saturated heterocycles. The van der Waals surface area contributed by atoms with Gasteiger partial charge in [0.2, 0.25) is 5.91 Å². The van der Waals surface area contributed by atoms with E-state index in [9.17, 15) is 19.0 Å². The van der Waals surface area contributed by atoms with Crippen LogP contribution >= 0.6 is 7.82 Å². The molecule has 0 saturated carbocycles. The number of phosphoric acid groups is 1. The van der Waals surface area contributed by atoms with Crippen LogP contribution in [0.4, 0.5) is 0 Å². The maximum absolute atomic E-state index is 13.6. The first-order valence-corrected chi connectivity index (χ1v) is 33.7. The Morgan fingerprint density at radius 3 is 1.24 bits per heavy atom. The number of phosphoric ester groups is 1. The monoisotopic (exact) mass is 1120 g/mol. The summed E-state index contributed by atoms with van der Waals surface area (Å²) in [5.41, 5.74) is 0. The van der Waals surface area contributed by atoms with Crippen LogP contribution in [-0.4, -0.2) is 74.3 Å². The van der Waals surface area contributed by atoms with E-state index in [0.717, 1.165) is 122 Å². The molecular formula is C69H122N2O7P+. The summed E-state index contributed by atoms with van der Waals surface area (Å²) in [5, 5.41) is 3.04. The maximum atomic E-state index is 13.6. The fourth-order valence-corrected chi connectivity index (χ4v) is 9.47. The molecule has 0 aliphatic carbocycles. The van der Waals surface area contributed by atoms with Crippen molar-refractivity contribution in [3.63, 3.8) is 0 Å². The number of allylic oxidation sites excluding steroid dienone is 17. The number of likely N-dealkylation sites (N-methyl/N-ethyl adjacent to an activating group) is 1. The number of esters is 1. The molecular weight excluding hydrogens is 1000 g/mol. The number of nitrogens with zero attached hydrogens (tertiary/aromatic N) is 1. The minimum atomic E-state index is -4.46. The van der Waals surface area contributed by atoms with Crippen LogP contribution in [0, 0.1) is 0 Å². The number of carbonyl (C=O) groups is 2. The number of hydrogen-bond acceptors (Lipinski definition) is 6. The predicted octanol–water partition coefficient (Wildman–Crippen LogP) is 20.1. The summed E-state index contributed by atoms with van der Waals surface area (Å²) in [6.45, 7) is 6.84. The molecule has 0 aliphatic rings. The molecule has 0 aromatic rings. The number of carbonyl (C=O) groups excluding carboxylic acids is 2. The minimum Gasteiger partial charge on any atom is -0.456 e. The number of nitrogens with one attached hydrogen (secondary N) is 1. The number of rotatable bonds is 57. The smallest absolute Gasteiger partial charge is 0.456 e. The van der Waals surface area contributed by atoms with Gasteiger partial charge in [0.25, 0.3) is 0 Å². The van der Waals surface area contributed by atoms with Gasteiger partial charge in [0.15, 0.2) is 0 Å². The van der Waals surface area contributed by atoms with Crippen molar-refractivity contribution in [3.8, 4) is 0 Å². The first-order chi connectivity index (χ1) is 38.4. The highest BCUT2D eigenvalue weighted by molar-refractivity contribution is 7.47. The summed E-state index contributed by atoms with van der Waals surface area (Å²) < 4.78 is 30.7. The van der Waals surface area contributed by atoms with E-state index < -0.39 is 20.0 Å². The highest BCUT2D eigenvalue weighted by Gasteiger charge is 2.30. The van der Waals surface area contributed by atoms with Crippen LogP contribution in [0.25, 0.3) is 0 Å². The molecule has 0 radical (unpaired) electrons. The molecule has 0 heterocycles.